The minimum absolute atomic E-state index is 0.0474. The summed E-state index contributed by atoms with van der Waals surface area (Å²) in [5.41, 5.74) is 7.04. The van der Waals surface area contributed by atoms with Crippen LogP contribution in [0.2, 0.25) is 0 Å². The van der Waals surface area contributed by atoms with Crippen molar-refractivity contribution in [2.45, 2.75) is 50.5 Å². The molecule has 2 amide bonds. The highest BCUT2D eigenvalue weighted by Crippen LogP contribution is 2.52. The molecule has 1 aromatic carbocycles. The summed E-state index contributed by atoms with van der Waals surface area (Å²) in [6, 6.07) is 12.3. The highest BCUT2D eigenvalue weighted by molar-refractivity contribution is 5.90. The first-order valence-corrected chi connectivity index (χ1v) is 11.5. The second-order valence-electron chi connectivity index (χ2n) is 9.61. The van der Waals surface area contributed by atoms with Crippen LogP contribution in [0.3, 0.4) is 0 Å². The Morgan fingerprint density at radius 2 is 1.84 bits per heavy atom. The van der Waals surface area contributed by atoms with Crippen LogP contribution in [-0.2, 0) is 16.8 Å². The molecular weight excluding hydrogens is 402 g/mol. The zero-order valence-electron chi connectivity index (χ0n) is 19.1. The minimum atomic E-state index is -0.549. The average molecular weight is 436 g/mol. The normalized spacial score (nSPS) is 25.6. The first-order valence-electron chi connectivity index (χ1n) is 11.5. The number of hydrogen-bond acceptors (Lipinski definition) is 5. The molecule has 7 nitrogen and oxygen atoms in total. The van der Waals surface area contributed by atoms with Gasteiger partial charge in [0.1, 0.15) is 11.5 Å². The maximum absolute atomic E-state index is 12.8. The second kappa shape index (κ2) is 8.98. The molecule has 2 heterocycles. The van der Waals surface area contributed by atoms with Crippen LogP contribution in [0, 0.1) is 5.41 Å². The predicted octanol–water partition coefficient (Wildman–Crippen LogP) is 2.76. The van der Waals surface area contributed by atoms with E-state index in [1.807, 2.05) is 4.90 Å². The molecule has 2 aliphatic rings. The van der Waals surface area contributed by atoms with Crippen molar-refractivity contribution in [3.8, 4) is 0 Å². The zero-order valence-corrected chi connectivity index (χ0v) is 19.1. The van der Waals surface area contributed by atoms with Gasteiger partial charge in [-0.3, -0.25) is 14.5 Å². The number of primary amides is 1. The Morgan fingerprint density at radius 3 is 2.50 bits per heavy atom. The smallest absolute Gasteiger partial charge is 0.267 e. The molecule has 1 aromatic heterocycles. The number of carbonyl (C=O) groups is 2. The van der Waals surface area contributed by atoms with Gasteiger partial charge in [0.2, 0.25) is 5.91 Å². The van der Waals surface area contributed by atoms with E-state index in [9.17, 15) is 9.59 Å². The third kappa shape index (κ3) is 4.39. The summed E-state index contributed by atoms with van der Waals surface area (Å²) in [4.78, 5) is 36.9. The van der Waals surface area contributed by atoms with E-state index in [4.69, 9.17) is 5.73 Å². The Hall–Kier alpha value is -2.80. The molecule has 0 atom stereocenters. The number of nitrogens with zero attached hydrogens (tertiary/aromatic N) is 4. The van der Waals surface area contributed by atoms with Gasteiger partial charge in [-0.25, -0.2) is 9.97 Å². The molecule has 0 unspecified atom stereocenters. The molecule has 0 radical (unpaired) electrons. The molecule has 2 fully saturated rings. The summed E-state index contributed by atoms with van der Waals surface area (Å²) in [6.07, 6.45) is 7.87. The number of aryl methyl sites for hydroxylation is 1. The standard InChI is InChI=1S/C25H33N5O2/c1-29(2)25(19-7-4-3-5-8-19)13-11-24(12-14-25)17-22(31)30(18-24)16-6-9-21-27-15-10-20(28-21)23(26)32/h3-5,7-8,10,15H,6,9,11-14,16-18H2,1-2H3,(H2,26,32). The predicted molar refractivity (Wildman–Crippen MR) is 123 cm³/mol. The fourth-order valence-corrected chi connectivity index (χ4v) is 5.54. The van der Waals surface area contributed by atoms with Crippen LogP contribution in [0.25, 0.3) is 0 Å². The van der Waals surface area contributed by atoms with Crippen LogP contribution in [0.1, 0.15) is 60.4 Å². The number of rotatable bonds is 7. The lowest BCUT2D eigenvalue weighted by Crippen LogP contribution is -2.47. The monoisotopic (exact) mass is 435 g/mol. The van der Waals surface area contributed by atoms with Crippen molar-refractivity contribution in [3.05, 3.63) is 59.7 Å². The highest BCUT2D eigenvalue weighted by Gasteiger charge is 2.49. The number of carbonyl (C=O) groups excluding carboxylic acids is 2. The number of nitrogens with two attached hydrogens (primary N) is 1. The Morgan fingerprint density at radius 1 is 1.12 bits per heavy atom. The lowest BCUT2D eigenvalue weighted by atomic mass is 9.64. The van der Waals surface area contributed by atoms with Crippen LogP contribution in [0.4, 0.5) is 0 Å². The Bertz CT molecular complexity index is 967. The third-order valence-corrected chi connectivity index (χ3v) is 7.50. The number of hydrogen-bond donors (Lipinski definition) is 1. The van der Waals surface area contributed by atoms with E-state index in [2.05, 4.69) is 59.3 Å². The molecule has 170 valence electrons. The van der Waals surface area contributed by atoms with Crippen LogP contribution in [0.5, 0.6) is 0 Å². The Labute approximate surface area is 190 Å². The van der Waals surface area contributed by atoms with E-state index in [0.717, 1.165) is 38.6 Å². The molecule has 2 N–H and O–H groups in total. The van der Waals surface area contributed by atoms with E-state index in [0.29, 0.717) is 25.2 Å². The van der Waals surface area contributed by atoms with Gasteiger partial charge in [-0.1, -0.05) is 30.3 Å². The number of benzene rings is 1. The van der Waals surface area contributed by atoms with E-state index in [-0.39, 0.29) is 22.6 Å². The molecule has 2 aromatic rings. The molecule has 4 rings (SSSR count). The van der Waals surface area contributed by atoms with Crippen molar-refractivity contribution in [2.75, 3.05) is 27.2 Å². The number of likely N-dealkylation sites (tertiary alicyclic amines) is 1. The van der Waals surface area contributed by atoms with Crippen molar-refractivity contribution in [3.63, 3.8) is 0 Å². The lowest BCUT2D eigenvalue weighted by molar-refractivity contribution is -0.127. The van der Waals surface area contributed by atoms with Crippen LogP contribution in [-0.4, -0.2) is 58.8 Å². The van der Waals surface area contributed by atoms with Crippen molar-refractivity contribution < 1.29 is 9.59 Å². The molecule has 1 aliphatic carbocycles. The largest absolute Gasteiger partial charge is 0.364 e. The van der Waals surface area contributed by atoms with Gasteiger partial charge >= 0.3 is 0 Å². The molecule has 1 aliphatic heterocycles. The maximum atomic E-state index is 12.8. The number of amides is 2. The summed E-state index contributed by atoms with van der Waals surface area (Å²) in [5.74, 6) is 0.305. The second-order valence-corrected chi connectivity index (χ2v) is 9.61. The van der Waals surface area contributed by atoms with Gasteiger partial charge in [-0.15, -0.1) is 0 Å². The van der Waals surface area contributed by atoms with Crippen molar-refractivity contribution >= 4 is 11.8 Å². The molecule has 1 saturated carbocycles. The van der Waals surface area contributed by atoms with Gasteiger partial charge in [-0.05, 0) is 63.2 Å². The van der Waals surface area contributed by atoms with Gasteiger partial charge in [0.15, 0.2) is 0 Å². The minimum Gasteiger partial charge on any atom is -0.364 e. The van der Waals surface area contributed by atoms with Gasteiger partial charge in [-0.2, -0.15) is 0 Å². The number of aromatic nitrogens is 2. The Balaban J connectivity index is 1.36. The van der Waals surface area contributed by atoms with Crippen LogP contribution >= 0.6 is 0 Å². The molecule has 7 heteroatoms. The molecular formula is C25H33N5O2. The molecule has 0 bridgehead atoms. The van der Waals surface area contributed by atoms with Gasteiger partial charge in [0.25, 0.3) is 5.91 Å². The third-order valence-electron chi connectivity index (χ3n) is 7.50. The molecule has 1 spiro atoms. The fraction of sp³-hybridized carbons (Fsp3) is 0.520. The van der Waals surface area contributed by atoms with Gasteiger partial charge in [0, 0.05) is 37.7 Å². The summed E-state index contributed by atoms with van der Waals surface area (Å²) in [5, 5.41) is 0. The lowest BCUT2D eigenvalue weighted by Gasteiger charge is -2.48. The van der Waals surface area contributed by atoms with Gasteiger partial charge in [0.05, 0.1) is 0 Å². The quantitative estimate of drug-likeness (QED) is 0.722. The van der Waals surface area contributed by atoms with E-state index >= 15 is 0 Å². The fourth-order valence-electron chi connectivity index (χ4n) is 5.54. The van der Waals surface area contributed by atoms with Crippen LogP contribution in [0.15, 0.2) is 42.6 Å². The summed E-state index contributed by atoms with van der Waals surface area (Å²) < 4.78 is 0. The maximum Gasteiger partial charge on any atom is 0.267 e. The van der Waals surface area contributed by atoms with E-state index in [1.165, 1.54) is 11.6 Å². The first-order chi connectivity index (χ1) is 15.3. The summed E-state index contributed by atoms with van der Waals surface area (Å²) in [7, 11) is 4.35. The van der Waals surface area contributed by atoms with Crippen LogP contribution < -0.4 is 5.73 Å². The van der Waals surface area contributed by atoms with E-state index < -0.39 is 5.91 Å². The summed E-state index contributed by atoms with van der Waals surface area (Å²) >= 11 is 0. The molecule has 32 heavy (non-hydrogen) atoms. The SMILES string of the molecule is CN(C)C1(c2ccccc2)CCC2(CC1)CC(=O)N(CCCc1nccc(C(N)=O)n1)C2. The van der Waals surface area contributed by atoms with Crippen molar-refractivity contribution in [1.82, 2.24) is 19.8 Å². The highest BCUT2D eigenvalue weighted by atomic mass is 16.2. The van der Waals surface area contributed by atoms with Gasteiger partial charge < -0.3 is 10.6 Å². The summed E-state index contributed by atoms with van der Waals surface area (Å²) in [6.45, 7) is 1.54. The topological polar surface area (TPSA) is 92.4 Å². The first kappa shape index (κ1) is 22.4. The van der Waals surface area contributed by atoms with Crippen molar-refractivity contribution in [2.24, 2.45) is 11.1 Å². The van der Waals surface area contributed by atoms with Crippen molar-refractivity contribution in [1.29, 1.82) is 0 Å². The Kier molecular flexibility index (Phi) is 6.29. The van der Waals surface area contributed by atoms with E-state index in [1.54, 1.807) is 6.20 Å². The average Bonchev–Trinajstić information content (AvgIpc) is 3.10. The zero-order chi connectivity index (χ0) is 22.8. The molecule has 1 saturated heterocycles.